The lowest BCUT2D eigenvalue weighted by Gasteiger charge is -2.33. The van der Waals surface area contributed by atoms with Gasteiger partial charge in [-0.15, -0.1) is 0 Å². The summed E-state index contributed by atoms with van der Waals surface area (Å²) in [6.45, 7) is 1.88. The molecule has 2 fully saturated rings. The molecule has 2 aliphatic rings. The molecule has 1 heterocycles. The minimum atomic E-state index is -0.943. The van der Waals surface area contributed by atoms with Gasteiger partial charge in [0.1, 0.15) is 6.04 Å². The Kier molecular flexibility index (Phi) is 4.30. The highest BCUT2D eigenvalue weighted by atomic mass is 16.4. The summed E-state index contributed by atoms with van der Waals surface area (Å²) < 4.78 is 0. The highest BCUT2D eigenvalue weighted by Gasteiger charge is 2.42. The van der Waals surface area contributed by atoms with Gasteiger partial charge in [0.05, 0.1) is 5.92 Å². The van der Waals surface area contributed by atoms with Crippen molar-refractivity contribution in [2.24, 2.45) is 11.8 Å². The molecule has 1 amide bonds. The highest BCUT2D eigenvalue weighted by Crippen LogP contribution is 2.33. The van der Waals surface area contributed by atoms with Crippen LogP contribution in [0.1, 0.15) is 45.4 Å². The van der Waals surface area contributed by atoms with E-state index in [9.17, 15) is 19.5 Å². The van der Waals surface area contributed by atoms with E-state index in [2.05, 4.69) is 0 Å². The Bertz CT molecular complexity index is 414. The summed E-state index contributed by atoms with van der Waals surface area (Å²) in [4.78, 5) is 36.1. The number of amides is 1. The zero-order valence-corrected chi connectivity index (χ0v) is 11.6. The number of hydrogen-bond donors (Lipinski definition) is 2. The van der Waals surface area contributed by atoms with E-state index in [0.717, 1.165) is 0 Å². The maximum absolute atomic E-state index is 12.5. The Balaban J connectivity index is 2.01. The molecule has 1 aliphatic heterocycles. The van der Waals surface area contributed by atoms with E-state index < -0.39 is 18.0 Å². The van der Waals surface area contributed by atoms with Gasteiger partial charge in [-0.05, 0) is 45.4 Å². The quantitative estimate of drug-likeness (QED) is 0.815. The molecule has 1 saturated heterocycles. The van der Waals surface area contributed by atoms with Crippen molar-refractivity contribution in [2.75, 3.05) is 0 Å². The number of aliphatic carboxylic acids is 2. The fourth-order valence-corrected chi connectivity index (χ4v) is 3.40. The molecule has 0 spiro atoms. The summed E-state index contributed by atoms with van der Waals surface area (Å²) in [5, 5.41) is 18.2. The fourth-order valence-electron chi connectivity index (χ4n) is 3.40. The first-order chi connectivity index (χ1) is 9.41. The van der Waals surface area contributed by atoms with E-state index in [4.69, 9.17) is 5.11 Å². The number of carbonyl (C=O) groups excluding carboxylic acids is 1. The van der Waals surface area contributed by atoms with Crippen molar-refractivity contribution >= 4 is 17.8 Å². The lowest BCUT2D eigenvalue weighted by Crippen LogP contribution is -2.47. The second kappa shape index (κ2) is 5.81. The van der Waals surface area contributed by atoms with Gasteiger partial charge in [0.15, 0.2) is 0 Å². The van der Waals surface area contributed by atoms with Crippen LogP contribution in [0.25, 0.3) is 0 Å². The number of carboxylic acids is 2. The van der Waals surface area contributed by atoms with E-state index in [1.54, 1.807) is 0 Å². The summed E-state index contributed by atoms with van der Waals surface area (Å²) in [5.41, 5.74) is 0. The van der Waals surface area contributed by atoms with Crippen molar-refractivity contribution < 1.29 is 24.6 Å². The van der Waals surface area contributed by atoms with Crippen molar-refractivity contribution in [3.05, 3.63) is 0 Å². The van der Waals surface area contributed by atoms with Gasteiger partial charge in [-0.1, -0.05) is 0 Å². The standard InChI is InChI=1S/C14H21NO5/c1-8-2-7-11(14(19)20)15(8)12(16)9-3-5-10(6-4-9)13(17)18/h8-11H,2-7H2,1H3,(H,17,18)(H,19,20)/t8-,9?,10?,11-/m1/s1. The normalized spacial score (nSPS) is 34.0. The Morgan fingerprint density at radius 1 is 0.850 bits per heavy atom. The van der Waals surface area contributed by atoms with E-state index in [1.807, 2.05) is 6.92 Å². The third kappa shape index (κ3) is 2.78. The maximum atomic E-state index is 12.5. The monoisotopic (exact) mass is 283 g/mol. The van der Waals surface area contributed by atoms with Crippen molar-refractivity contribution in [3.8, 4) is 0 Å². The molecule has 0 unspecified atom stereocenters. The van der Waals surface area contributed by atoms with Crippen LogP contribution < -0.4 is 0 Å². The van der Waals surface area contributed by atoms with Crippen LogP contribution in [0, 0.1) is 11.8 Å². The van der Waals surface area contributed by atoms with Crippen molar-refractivity contribution in [1.29, 1.82) is 0 Å². The van der Waals surface area contributed by atoms with Gasteiger partial charge in [0.2, 0.25) is 5.91 Å². The number of nitrogens with zero attached hydrogens (tertiary/aromatic N) is 1. The lowest BCUT2D eigenvalue weighted by molar-refractivity contribution is -0.152. The minimum Gasteiger partial charge on any atom is -0.481 e. The average Bonchev–Trinajstić information content (AvgIpc) is 2.80. The number of carboxylic acid groups (broad SMARTS) is 2. The number of likely N-dealkylation sites (tertiary alicyclic amines) is 1. The first-order valence-corrected chi connectivity index (χ1v) is 7.19. The summed E-state index contributed by atoms with van der Waals surface area (Å²) in [6.07, 6.45) is 3.33. The Morgan fingerprint density at radius 3 is 1.90 bits per heavy atom. The van der Waals surface area contributed by atoms with E-state index >= 15 is 0 Å². The molecule has 6 nitrogen and oxygen atoms in total. The second-order valence-electron chi connectivity index (χ2n) is 5.91. The zero-order valence-electron chi connectivity index (χ0n) is 11.6. The first-order valence-electron chi connectivity index (χ1n) is 7.19. The van der Waals surface area contributed by atoms with Crippen LogP contribution in [0.15, 0.2) is 0 Å². The molecule has 6 heteroatoms. The number of carbonyl (C=O) groups is 3. The second-order valence-corrected chi connectivity index (χ2v) is 5.91. The Labute approximate surface area is 117 Å². The molecule has 1 aliphatic carbocycles. The fraction of sp³-hybridized carbons (Fsp3) is 0.786. The third-order valence-electron chi connectivity index (χ3n) is 4.63. The van der Waals surface area contributed by atoms with Gasteiger partial charge in [-0.2, -0.15) is 0 Å². The highest BCUT2D eigenvalue weighted by molar-refractivity contribution is 5.86. The SMILES string of the molecule is C[C@@H]1CC[C@H](C(=O)O)N1C(=O)C1CCC(C(=O)O)CC1. The minimum absolute atomic E-state index is 0.0409. The molecule has 0 aromatic rings. The van der Waals surface area contributed by atoms with E-state index in [0.29, 0.717) is 38.5 Å². The smallest absolute Gasteiger partial charge is 0.326 e. The van der Waals surface area contributed by atoms with Crippen molar-refractivity contribution in [1.82, 2.24) is 4.90 Å². The van der Waals surface area contributed by atoms with E-state index in [-0.39, 0.29) is 23.8 Å². The predicted molar refractivity (Wildman–Crippen MR) is 70.0 cm³/mol. The van der Waals surface area contributed by atoms with Crippen LogP contribution in [-0.2, 0) is 14.4 Å². The first kappa shape index (κ1) is 14.8. The van der Waals surface area contributed by atoms with Crippen LogP contribution in [0.5, 0.6) is 0 Å². The maximum Gasteiger partial charge on any atom is 0.326 e. The van der Waals surface area contributed by atoms with Crippen LogP contribution in [0.2, 0.25) is 0 Å². The molecule has 20 heavy (non-hydrogen) atoms. The molecule has 0 bridgehead atoms. The Morgan fingerprint density at radius 2 is 1.40 bits per heavy atom. The molecular weight excluding hydrogens is 262 g/mol. The van der Waals surface area contributed by atoms with Gasteiger partial charge < -0.3 is 15.1 Å². The molecule has 2 N–H and O–H groups in total. The lowest BCUT2D eigenvalue weighted by atomic mass is 9.81. The molecule has 0 aromatic carbocycles. The van der Waals surface area contributed by atoms with Gasteiger partial charge in [0, 0.05) is 12.0 Å². The Hall–Kier alpha value is -1.59. The predicted octanol–water partition coefficient (Wildman–Crippen LogP) is 1.34. The third-order valence-corrected chi connectivity index (χ3v) is 4.63. The summed E-state index contributed by atoms with van der Waals surface area (Å²) in [5.74, 6) is -2.42. The zero-order chi connectivity index (χ0) is 14.9. The molecule has 0 radical (unpaired) electrons. The summed E-state index contributed by atoms with van der Waals surface area (Å²) in [7, 11) is 0. The molecule has 0 aromatic heterocycles. The van der Waals surface area contributed by atoms with Gasteiger partial charge in [0.25, 0.3) is 0 Å². The summed E-state index contributed by atoms with van der Waals surface area (Å²) >= 11 is 0. The molecule has 1 saturated carbocycles. The molecule has 2 atom stereocenters. The summed E-state index contributed by atoms with van der Waals surface area (Å²) in [6, 6.07) is -0.754. The van der Waals surface area contributed by atoms with Crippen LogP contribution in [-0.4, -0.2) is 45.0 Å². The van der Waals surface area contributed by atoms with E-state index in [1.165, 1.54) is 4.90 Å². The van der Waals surface area contributed by atoms with Gasteiger partial charge in [-0.3, -0.25) is 9.59 Å². The molecule has 112 valence electrons. The van der Waals surface area contributed by atoms with Crippen LogP contribution in [0.3, 0.4) is 0 Å². The molecular formula is C14H21NO5. The van der Waals surface area contributed by atoms with Crippen LogP contribution >= 0.6 is 0 Å². The topological polar surface area (TPSA) is 94.9 Å². The average molecular weight is 283 g/mol. The van der Waals surface area contributed by atoms with Gasteiger partial charge in [-0.25, -0.2) is 4.79 Å². The molecule has 2 rings (SSSR count). The van der Waals surface area contributed by atoms with Crippen molar-refractivity contribution in [3.63, 3.8) is 0 Å². The number of hydrogen-bond acceptors (Lipinski definition) is 3. The largest absolute Gasteiger partial charge is 0.481 e. The van der Waals surface area contributed by atoms with Crippen LogP contribution in [0.4, 0.5) is 0 Å². The number of rotatable bonds is 3. The van der Waals surface area contributed by atoms with Crippen molar-refractivity contribution in [2.45, 2.75) is 57.5 Å². The van der Waals surface area contributed by atoms with Gasteiger partial charge >= 0.3 is 11.9 Å².